The van der Waals surface area contributed by atoms with Gasteiger partial charge < -0.3 is 0 Å². The molecule has 3 aromatic carbocycles. The Morgan fingerprint density at radius 1 is 0.733 bits per heavy atom. The van der Waals surface area contributed by atoms with Crippen molar-refractivity contribution in [3.05, 3.63) is 82.4 Å². The maximum absolute atomic E-state index is 2.40. The zero-order chi connectivity index (χ0) is 20.9. The molecule has 1 aliphatic carbocycles. The third-order valence-electron chi connectivity index (χ3n) is 6.94. The number of hydrogen-bond donors (Lipinski definition) is 0. The molecular weight excluding hydrogens is 360 g/mol. The van der Waals surface area contributed by atoms with E-state index in [0.29, 0.717) is 0 Å². The Morgan fingerprint density at radius 3 is 2.20 bits per heavy atom. The normalized spacial score (nSPS) is 12.1. The lowest BCUT2D eigenvalue weighted by Gasteiger charge is -2.16. The number of benzene rings is 3. The molecule has 0 heteroatoms. The first-order chi connectivity index (χ1) is 14.7. The van der Waals surface area contributed by atoms with Gasteiger partial charge in [0.25, 0.3) is 0 Å². The quantitative estimate of drug-likeness (QED) is 0.248. The predicted molar refractivity (Wildman–Crippen MR) is 131 cm³/mol. The van der Waals surface area contributed by atoms with Gasteiger partial charge in [-0.2, -0.15) is 0 Å². The van der Waals surface area contributed by atoms with Gasteiger partial charge in [0.15, 0.2) is 0 Å². The minimum absolute atomic E-state index is 1.06. The van der Waals surface area contributed by atoms with Gasteiger partial charge in [-0.15, -0.1) is 0 Å². The number of hydrogen-bond acceptors (Lipinski definition) is 0. The van der Waals surface area contributed by atoms with E-state index < -0.39 is 0 Å². The van der Waals surface area contributed by atoms with E-state index in [4.69, 9.17) is 0 Å². The second kappa shape index (κ2) is 9.65. The Morgan fingerprint density at radius 2 is 1.43 bits per heavy atom. The Labute approximate surface area is 183 Å². The van der Waals surface area contributed by atoms with Crippen molar-refractivity contribution >= 4 is 0 Å². The van der Waals surface area contributed by atoms with Crippen LogP contribution in [-0.4, -0.2) is 0 Å². The van der Waals surface area contributed by atoms with E-state index in [1.165, 1.54) is 101 Å². The molecule has 1 aliphatic rings. The summed E-state index contributed by atoms with van der Waals surface area (Å²) in [5, 5.41) is 0. The summed E-state index contributed by atoms with van der Waals surface area (Å²) in [4.78, 5) is 0. The van der Waals surface area contributed by atoms with Crippen LogP contribution in [0.25, 0.3) is 22.3 Å². The topological polar surface area (TPSA) is 0 Å². The first-order valence-electron chi connectivity index (χ1n) is 12.0. The molecule has 0 fully saturated rings. The molecule has 0 heterocycles. The van der Waals surface area contributed by atoms with Crippen LogP contribution in [0.3, 0.4) is 0 Å². The lowest BCUT2D eigenvalue weighted by Crippen LogP contribution is -1.96. The van der Waals surface area contributed by atoms with E-state index in [9.17, 15) is 0 Å². The molecule has 0 saturated heterocycles. The average molecular weight is 397 g/mol. The molecule has 0 spiro atoms. The van der Waals surface area contributed by atoms with Crippen LogP contribution in [0.4, 0.5) is 0 Å². The molecule has 0 saturated carbocycles. The average Bonchev–Trinajstić information content (AvgIpc) is 3.12. The highest BCUT2D eigenvalue weighted by Crippen LogP contribution is 2.44. The van der Waals surface area contributed by atoms with Gasteiger partial charge in [-0.05, 0) is 83.2 Å². The van der Waals surface area contributed by atoms with Gasteiger partial charge in [0.1, 0.15) is 0 Å². The summed E-state index contributed by atoms with van der Waals surface area (Å²) in [5.74, 6) is 0. The van der Waals surface area contributed by atoms with Crippen molar-refractivity contribution in [1.82, 2.24) is 0 Å². The summed E-state index contributed by atoms with van der Waals surface area (Å²) in [6, 6.07) is 20.8. The fraction of sp³-hybridized carbons (Fsp3) is 0.400. The Hall–Kier alpha value is -2.34. The SMILES string of the molecule is CCCCCCCCCc1ccc(-c2c(C)c(C)cc3c2Cc2ccccc2-3)cc1. The molecule has 0 amide bonds. The van der Waals surface area contributed by atoms with E-state index in [0.717, 1.165) is 6.42 Å². The third-order valence-corrected chi connectivity index (χ3v) is 6.94. The van der Waals surface area contributed by atoms with Crippen molar-refractivity contribution in [2.45, 2.75) is 78.6 Å². The van der Waals surface area contributed by atoms with E-state index in [1.807, 2.05) is 0 Å². The molecule has 0 aromatic heterocycles. The van der Waals surface area contributed by atoms with Gasteiger partial charge in [-0.25, -0.2) is 0 Å². The predicted octanol–water partition coefficient (Wildman–Crippen LogP) is 8.83. The molecular formula is C30H36. The van der Waals surface area contributed by atoms with Gasteiger partial charge in [0.2, 0.25) is 0 Å². The Kier molecular flexibility index (Phi) is 6.72. The van der Waals surface area contributed by atoms with Crippen molar-refractivity contribution in [2.24, 2.45) is 0 Å². The number of fused-ring (bicyclic) bond motifs is 3. The number of aryl methyl sites for hydroxylation is 2. The molecule has 0 nitrogen and oxygen atoms in total. The summed E-state index contributed by atoms with van der Waals surface area (Å²) in [6.07, 6.45) is 11.9. The minimum Gasteiger partial charge on any atom is -0.0654 e. The van der Waals surface area contributed by atoms with Gasteiger partial charge in [0.05, 0.1) is 0 Å². The van der Waals surface area contributed by atoms with Gasteiger partial charge in [-0.1, -0.05) is 100 Å². The molecule has 0 bridgehead atoms. The van der Waals surface area contributed by atoms with Gasteiger partial charge in [-0.3, -0.25) is 0 Å². The first kappa shape index (κ1) is 20.9. The molecule has 0 radical (unpaired) electrons. The molecule has 30 heavy (non-hydrogen) atoms. The van der Waals surface area contributed by atoms with E-state index in [2.05, 4.69) is 75.4 Å². The maximum atomic E-state index is 2.40. The zero-order valence-corrected chi connectivity index (χ0v) is 19.1. The van der Waals surface area contributed by atoms with E-state index in [-0.39, 0.29) is 0 Å². The monoisotopic (exact) mass is 396 g/mol. The van der Waals surface area contributed by atoms with E-state index >= 15 is 0 Å². The van der Waals surface area contributed by atoms with Crippen molar-refractivity contribution in [3.8, 4) is 22.3 Å². The number of unbranched alkanes of at least 4 members (excludes halogenated alkanes) is 6. The Balaban J connectivity index is 1.48. The van der Waals surface area contributed by atoms with Crippen molar-refractivity contribution in [1.29, 1.82) is 0 Å². The van der Waals surface area contributed by atoms with Crippen LogP contribution in [0, 0.1) is 13.8 Å². The standard InChI is InChI=1S/C30H36/c1-4-5-6-7-8-9-10-13-24-16-18-25(19-17-24)30-23(3)22(2)20-28-27-15-12-11-14-26(27)21-29(28)30/h11-12,14-20H,4-10,13,21H2,1-3H3. The second-order valence-corrected chi connectivity index (χ2v) is 9.12. The van der Waals surface area contributed by atoms with Crippen molar-refractivity contribution < 1.29 is 0 Å². The summed E-state index contributed by atoms with van der Waals surface area (Å²) < 4.78 is 0. The van der Waals surface area contributed by atoms with Crippen LogP contribution in [0.2, 0.25) is 0 Å². The molecule has 0 unspecified atom stereocenters. The summed E-state index contributed by atoms with van der Waals surface area (Å²) in [5.41, 5.74) is 13.0. The first-order valence-corrected chi connectivity index (χ1v) is 12.0. The maximum Gasteiger partial charge on any atom is -0.000718 e. The molecule has 156 valence electrons. The summed E-state index contributed by atoms with van der Waals surface area (Å²) in [6.45, 7) is 6.84. The van der Waals surface area contributed by atoms with Crippen LogP contribution in [0.5, 0.6) is 0 Å². The molecule has 3 aromatic rings. The molecule has 4 rings (SSSR count). The van der Waals surface area contributed by atoms with Crippen LogP contribution in [0.15, 0.2) is 54.6 Å². The van der Waals surface area contributed by atoms with Crippen molar-refractivity contribution in [3.63, 3.8) is 0 Å². The van der Waals surface area contributed by atoms with Crippen molar-refractivity contribution in [2.75, 3.05) is 0 Å². The van der Waals surface area contributed by atoms with Crippen LogP contribution >= 0.6 is 0 Å². The second-order valence-electron chi connectivity index (χ2n) is 9.12. The Bertz CT molecular complexity index is 991. The minimum atomic E-state index is 1.06. The van der Waals surface area contributed by atoms with Crippen LogP contribution in [0.1, 0.15) is 79.7 Å². The zero-order valence-electron chi connectivity index (χ0n) is 19.1. The lowest BCUT2D eigenvalue weighted by atomic mass is 9.88. The van der Waals surface area contributed by atoms with Crippen LogP contribution in [-0.2, 0) is 12.8 Å². The fourth-order valence-corrected chi connectivity index (χ4v) is 5.04. The summed E-state index contributed by atoms with van der Waals surface area (Å²) in [7, 11) is 0. The highest BCUT2D eigenvalue weighted by molar-refractivity contribution is 5.87. The highest BCUT2D eigenvalue weighted by atomic mass is 14.3. The van der Waals surface area contributed by atoms with Gasteiger partial charge >= 0.3 is 0 Å². The van der Waals surface area contributed by atoms with Crippen LogP contribution < -0.4 is 0 Å². The van der Waals surface area contributed by atoms with Gasteiger partial charge in [0, 0.05) is 0 Å². The fourth-order valence-electron chi connectivity index (χ4n) is 5.04. The molecule has 0 atom stereocenters. The summed E-state index contributed by atoms with van der Waals surface area (Å²) >= 11 is 0. The largest absolute Gasteiger partial charge is 0.0654 e. The smallest absolute Gasteiger partial charge is 0.000718 e. The molecule has 0 N–H and O–H groups in total. The molecule has 0 aliphatic heterocycles. The van der Waals surface area contributed by atoms with E-state index in [1.54, 1.807) is 0 Å². The third kappa shape index (κ3) is 4.38. The number of rotatable bonds is 9. The highest BCUT2D eigenvalue weighted by Gasteiger charge is 2.23. The lowest BCUT2D eigenvalue weighted by molar-refractivity contribution is 0.589.